The average Bonchev–Trinajstić information content (AvgIpc) is 2.40. The standard InChI is InChI=1S/C16H27NO/c1-4-16(5-2,13-18)12-17-10-9-15-8-6-7-14(3)11-15/h6-8,11,17-18H,4-5,9-10,12-13H2,1-3H3. The van der Waals surface area contributed by atoms with E-state index in [2.05, 4.69) is 50.4 Å². The van der Waals surface area contributed by atoms with Crippen molar-refractivity contribution < 1.29 is 5.11 Å². The second-order valence-electron chi connectivity index (χ2n) is 5.28. The summed E-state index contributed by atoms with van der Waals surface area (Å²) in [6.07, 6.45) is 3.10. The molecule has 0 aromatic heterocycles. The highest BCUT2D eigenvalue weighted by molar-refractivity contribution is 5.22. The molecule has 0 unspecified atom stereocenters. The van der Waals surface area contributed by atoms with Crippen molar-refractivity contribution in [1.29, 1.82) is 0 Å². The van der Waals surface area contributed by atoms with Gasteiger partial charge in [-0.3, -0.25) is 0 Å². The summed E-state index contributed by atoms with van der Waals surface area (Å²) in [6.45, 7) is 8.59. The molecular formula is C16H27NO. The second kappa shape index (κ2) is 7.55. The Morgan fingerprint density at radius 1 is 1.22 bits per heavy atom. The Hall–Kier alpha value is -0.860. The van der Waals surface area contributed by atoms with Crippen molar-refractivity contribution in [3.8, 4) is 0 Å². The number of rotatable bonds is 8. The largest absolute Gasteiger partial charge is 0.396 e. The van der Waals surface area contributed by atoms with Crippen LogP contribution in [0.4, 0.5) is 0 Å². The number of benzene rings is 1. The molecule has 0 saturated carbocycles. The van der Waals surface area contributed by atoms with Crippen molar-refractivity contribution in [1.82, 2.24) is 5.32 Å². The molecule has 0 amide bonds. The Kier molecular flexibility index (Phi) is 6.37. The molecule has 1 rings (SSSR count). The molecule has 0 atom stereocenters. The first kappa shape index (κ1) is 15.2. The Bertz CT molecular complexity index is 336. The van der Waals surface area contributed by atoms with E-state index in [9.17, 15) is 5.11 Å². The van der Waals surface area contributed by atoms with Crippen LogP contribution in [0.1, 0.15) is 37.8 Å². The summed E-state index contributed by atoms with van der Waals surface area (Å²) in [7, 11) is 0. The average molecular weight is 249 g/mol. The van der Waals surface area contributed by atoms with Gasteiger partial charge in [0.05, 0.1) is 0 Å². The van der Waals surface area contributed by atoms with E-state index < -0.39 is 0 Å². The lowest BCUT2D eigenvalue weighted by Crippen LogP contribution is -2.37. The molecule has 0 aliphatic carbocycles. The third kappa shape index (κ3) is 4.43. The van der Waals surface area contributed by atoms with Gasteiger partial charge in [-0.05, 0) is 38.3 Å². The van der Waals surface area contributed by atoms with Crippen molar-refractivity contribution in [2.75, 3.05) is 19.7 Å². The molecule has 0 aliphatic rings. The molecule has 1 aromatic rings. The van der Waals surface area contributed by atoms with Crippen LogP contribution in [0, 0.1) is 12.3 Å². The normalized spacial score (nSPS) is 11.8. The molecule has 0 fully saturated rings. The number of aliphatic hydroxyl groups is 1. The SMILES string of the molecule is CCC(CC)(CO)CNCCc1cccc(C)c1. The van der Waals surface area contributed by atoms with Crippen LogP contribution in [0.15, 0.2) is 24.3 Å². The maximum atomic E-state index is 9.49. The zero-order valence-electron chi connectivity index (χ0n) is 12.0. The minimum Gasteiger partial charge on any atom is -0.396 e. The molecule has 0 saturated heterocycles. The molecule has 0 spiro atoms. The first-order chi connectivity index (χ1) is 8.65. The molecule has 0 heterocycles. The summed E-state index contributed by atoms with van der Waals surface area (Å²) < 4.78 is 0. The lowest BCUT2D eigenvalue weighted by atomic mass is 9.83. The molecular weight excluding hydrogens is 222 g/mol. The molecule has 2 heteroatoms. The lowest BCUT2D eigenvalue weighted by molar-refractivity contribution is 0.113. The van der Waals surface area contributed by atoms with Crippen LogP contribution in [0.3, 0.4) is 0 Å². The van der Waals surface area contributed by atoms with E-state index in [1.807, 2.05) is 0 Å². The summed E-state index contributed by atoms with van der Waals surface area (Å²) in [5.41, 5.74) is 2.76. The summed E-state index contributed by atoms with van der Waals surface area (Å²) >= 11 is 0. The fraction of sp³-hybridized carbons (Fsp3) is 0.625. The Balaban J connectivity index is 2.34. The van der Waals surface area contributed by atoms with Crippen LogP contribution in [0.25, 0.3) is 0 Å². The van der Waals surface area contributed by atoms with Crippen molar-refractivity contribution >= 4 is 0 Å². The van der Waals surface area contributed by atoms with Crippen LogP contribution < -0.4 is 5.32 Å². The zero-order chi connectivity index (χ0) is 13.4. The Labute approximate surface area is 111 Å². The van der Waals surface area contributed by atoms with Gasteiger partial charge in [0.15, 0.2) is 0 Å². The maximum absolute atomic E-state index is 9.49. The van der Waals surface area contributed by atoms with E-state index in [1.165, 1.54) is 11.1 Å². The topological polar surface area (TPSA) is 32.3 Å². The molecule has 1 aromatic carbocycles. The van der Waals surface area contributed by atoms with Gasteiger partial charge in [0.2, 0.25) is 0 Å². The molecule has 0 bridgehead atoms. The molecule has 0 radical (unpaired) electrons. The number of hydrogen-bond acceptors (Lipinski definition) is 2. The molecule has 102 valence electrons. The van der Waals surface area contributed by atoms with Crippen LogP contribution in [0.5, 0.6) is 0 Å². The Morgan fingerprint density at radius 2 is 1.94 bits per heavy atom. The van der Waals surface area contributed by atoms with Gasteiger partial charge in [0.25, 0.3) is 0 Å². The van der Waals surface area contributed by atoms with Gasteiger partial charge in [-0.2, -0.15) is 0 Å². The summed E-state index contributed by atoms with van der Waals surface area (Å²) in [4.78, 5) is 0. The first-order valence-corrected chi connectivity index (χ1v) is 7.03. The molecule has 0 aliphatic heterocycles. The number of aliphatic hydroxyl groups excluding tert-OH is 1. The van der Waals surface area contributed by atoms with Crippen molar-refractivity contribution in [2.24, 2.45) is 5.41 Å². The highest BCUT2D eigenvalue weighted by Gasteiger charge is 2.24. The van der Waals surface area contributed by atoms with E-state index in [0.29, 0.717) is 0 Å². The fourth-order valence-corrected chi connectivity index (χ4v) is 2.23. The minimum absolute atomic E-state index is 0.0621. The van der Waals surface area contributed by atoms with Crippen molar-refractivity contribution in [3.05, 3.63) is 35.4 Å². The minimum atomic E-state index is 0.0621. The van der Waals surface area contributed by atoms with Crippen LogP contribution in [-0.4, -0.2) is 24.8 Å². The summed E-state index contributed by atoms with van der Waals surface area (Å²) in [5, 5.41) is 13.0. The smallest absolute Gasteiger partial charge is 0.0499 e. The maximum Gasteiger partial charge on any atom is 0.0499 e. The van der Waals surface area contributed by atoms with Gasteiger partial charge < -0.3 is 10.4 Å². The first-order valence-electron chi connectivity index (χ1n) is 7.03. The third-order valence-electron chi connectivity index (χ3n) is 4.01. The van der Waals surface area contributed by atoms with Gasteiger partial charge in [0, 0.05) is 18.6 Å². The molecule has 18 heavy (non-hydrogen) atoms. The number of aryl methyl sites for hydroxylation is 1. The fourth-order valence-electron chi connectivity index (χ4n) is 2.23. The van der Waals surface area contributed by atoms with Crippen LogP contribution >= 0.6 is 0 Å². The van der Waals surface area contributed by atoms with Gasteiger partial charge in [-0.25, -0.2) is 0 Å². The summed E-state index contributed by atoms with van der Waals surface area (Å²) in [5.74, 6) is 0. The summed E-state index contributed by atoms with van der Waals surface area (Å²) in [6, 6.07) is 8.65. The van der Waals surface area contributed by atoms with Gasteiger partial charge in [-0.1, -0.05) is 43.7 Å². The van der Waals surface area contributed by atoms with Gasteiger partial charge in [-0.15, -0.1) is 0 Å². The highest BCUT2D eigenvalue weighted by atomic mass is 16.3. The van der Waals surface area contributed by atoms with Gasteiger partial charge >= 0.3 is 0 Å². The monoisotopic (exact) mass is 249 g/mol. The van der Waals surface area contributed by atoms with Gasteiger partial charge in [0.1, 0.15) is 0 Å². The predicted octanol–water partition coefficient (Wildman–Crippen LogP) is 2.93. The van der Waals surface area contributed by atoms with E-state index >= 15 is 0 Å². The van der Waals surface area contributed by atoms with E-state index in [1.54, 1.807) is 0 Å². The number of nitrogens with one attached hydrogen (secondary N) is 1. The Morgan fingerprint density at radius 3 is 2.50 bits per heavy atom. The third-order valence-corrected chi connectivity index (χ3v) is 4.01. The quantitative estimate of drug-likeness (QED) is 0.694. The van der Waals surface area contributed by atoms with Crippen molar-refractivity contribution in [3.63, 3.8) is 0 Å². The van der Waals surface area contributed by atoms with Crippen LogP contribution in [-0.2, 0) is 6.42 Å². The molecule has 2 N–H and O–H groups in total. The van der Waals surface area contributed by atoms with E-state index in [4.69, 9.17) is 0 Å². The second-order valence-corrected chi connectivity index (χ2v) is 5.28. The van der Waals surface area contributed by atoms with Crippen molar-refractivity contribution in [2.45, 2.75) is 40.0 Å². The predicted molar refractivity (Wildman–Crippen MR) is 77.9 cm³/mol. The van der Waals surface area contributed by atoms with E-state index in [0.717, 1.165) is 32.4 Å². The zero-order valence-corrected chi connectivity index (χ0v) is 12.0. The van der Waals surface area contributed by atoms with Crippen LogP contribution in [0.2, 0.25) is 0 Å². The number of hydrogen-bond donors (Lipinski definition) is 2. The highest BCUT2D eigenvalue weighted by Crippen LogP contribution is 2.24. The van der Waals surface area contributed by atoms with E-state index in [-0.39, 0.29) is 12.0 Å². The lowest BCUT2D eigenvalue weighted by Gasteiger charge is -2.29. The molecule has 2 nitrogen and oxygen atoms in total.